The Morgan fingerprint density at radius 1 is 1.17 bits per heavy atom. The van der Waals surface area contributed by atoms with E-state index in [4.69, 9.17) is 0 Å². The molecule has 1 spiro atoms. The van der Waals surface area contributed by atoms with E-state index in [1.54, 1.807) is 0 Å². The SMILES string of the molecule is O=C(c1ccsc1)N1CC[C@@]2(CCC[C@@H]2C(=O)N2CC(F)(F)C2)C1. The van der Waals surface area contributed by atoms with Crippen molar-refractivity contribution in [2.24, 2.45) is 11.3 Å². The lowest BCUT2D eigenvalue weighted by Crippen LogP contribution is -2.60. The zero-order chi connectivity index (χ0) is 16.9. The van der Waals surface area contributed by atoms with Crippen LogP contribution in [0.3, 0.4) is 0 Å². The predicted molar refractivity (Wildman–Crippen MR) is 86.1 cm³/mol. The average molecular weight is 354 g/mol. The first-order chi connectivity index (χ1) is 11.4. The molecule has 4 rings (SSSR count). The minimum atomic E-state index is -2.72. The molecule has 2 saturated heterocycles. The first-order valence-corrected chi connectivity index (χ1v) is 9.33. The van der Waals surface area contributed by atoms with Crippen molar-refractivity contribution in [2.75, 3.05) is 26.2 Å². The number of halogens is 2. The maximum atomic E-state index is 13.1. The summed E-state index contributed by atoms with van der Waals surface area (Å²) in [6.07, 6.45) is 3.38. The summed E-state index contributed by atoms with van der Waals surface area (Å²) in [6, 6.07) is 1.82. The van der Waals surface area contributed by atoms with Crippen LogP contribution in [-0.4, -0.2) is 53.7 Å². The number of nitrogens with zero attached hydrogens (tertiary/aromatic N) is 2. The molecular weight excluding hydrogens is 334 g/mol. The fraction of sp³-hybridized carbons (Fsp3) is 0.647. The number of thiophene rings is 1. The van der Waals surface area contributed by atoms with Crippen LogP contribution < -0.4 is 0 Å². The topological polar surface area (TPSA) is 40.6 Å². The van der Waals surface area contributed by atoms with E-state index >= 15 is 0 Å². The van der Waals surface area contributed by atoms with Gasteiger partial charge in [-0.2, -0.15) is 11.3 Å². The molecule has 1 aliphatic carbocycles. The van der Waals surface area contributed by atoms with E-state index < -0.39 is 19.0 Å². The van der Waals surface area contributed by atoms with Crippen molar-refractivity contribution in [3.8, 4) is 0 Å². The number of rotatable bonds is 2. The molecule has 3 heterocycles. The van der Waals surface area contributed by atoms with Crippen molar-refractivity contribution in [2.45, 2.75) is 31.6 Å². The van der Waals surface area contributed by atoms with E-state index in [0.29, 0.717) is 18.7 Å². The molecule has 0 aromatic carbocycles. The molecule has 4 nitrogen and oxygen atoms in total. The summed E-state index contributed by atoms with van der Waals surface area (Å²) >= 11 is 1.49. The van der Waals surface area contributed by atoms with Crippen molar-refractivity contribution in [3.63, 3.8) is 0 Å². The highest BCUT2D eigenvalue weighted by molar-refractivity contribution is 7.08. The summed E-state index contributed by atoms with van der Waals surface area (Å²) in [5.41, 5.74) is 0.480. The van der Waals surface area contributed by atoms with Gasteiger partial charge < -0.3 is 9.80 Å². The highest BCUT2D eigenvalue weighted by Crippen LogP contribution is 2.51. The third-order valence-electron chi connectivity index (χ3n) is 5.80. The fourth-order valence-electron chi connectivity index (χ4n) is 4.54. The summed E-state index contributed by atoms with van der Waals surface area (Å²) in [4.78, 5) is 28.3. The quantitative estimate of drug-likeness (QED) is 0.819. The number of likely N-dealkylation sites (tertiary alicyclic amines) is 2. The minimum Gasteiger partial charge on any atom is -0.338 e. The van der Waals surface area contributed by atoms with Crippen LogP contribution in [-0.2, 0) is 4.79 Å². The number of hydrogen-bond acceptors (Lipinski definition) is 3. The minimum absolute atomic E-state index is 0.0155. The van der Waals surface area contributed by atoms with Crippen LogP contribution in [0.25, 0.3) is 0 Å². The summed E-state index contributed by atoms with van der Waals surface area (Å²) in [5, 5.41) is 3.72. The number of hydrogen-bond donors (Lipinski definition) is 0. The van der Waals surface area contributed by atoms with Gasteiger partial charge in [-0.15, -0.1) is 0 Å². The Kier molecular flexibility index (Phi) is 3.67. The van der Waals surface area contributed by atoms with E-state index in [1.807, 2.05) is 21.7 Å². The largest absolute Gasteiger partial charge is 0.338 e. The highest BCUT2D eigenvalue weighted by atomic mass is 32.1. The van der Waals surface area contributed by atoms with Gasteiger partial charge in [0.1, 0.15) is 0 Å². The van der Waals surface area contributed by atoms with Gasteiger partial charge in [-0.25, -0.2) is 8.78 Å². The maximum Gasteiger partial charge on any atom is 0.282 e. The van der Waals surface area contributed by atoms with Crippen LogP contribution >= 0.6 is 11.3 Å². The molecule has 1 saturated carbocycles. The van der Waals surface area contributed by atoms with Gasteiger partial charge in [-0.05, 0) is 30.7 Å². The third kappa shape index (κ3) is 2.53. The first kappa shape index (κ1) is 16.0. The zero-order valence-corrected chi connectivity index (χ0v) is 14.2. The van der Waals surface area contributed by atoms with Gasteiger partial charge in [0.2, 0.25) is 5.91 Å². The van der Waals surface area contributed by atoms with Crippen LogP contribution in [0.2, 0.25) is 0 Å². The van der Waals surface area contributed by atoms with E-state index in [9.17, 15) is 18.4 Å². The Morgan fingerprint density at radius 2 is 1.96 bits per heavy atom. The van der Waals surface area contributed by atoms with Crippen LogP contribution in [0, 0.1) is 11.3 Å². The van der Waals surface area contributed by atoms with Crippen molar-refractivity contribution in [3.05, 3.63) is 22.4 Å². The summed E-state index contributed by atoms with van der Waals surface area (Å²) in [6.45, 7) is 0.322. The summed E-state index contributed by atoms with van der Waals surface area (Å²) in [7, 11) is 0. The van der Waals surface area contributed by atoms with Crippen LogP contribution in [0.1, 0.15) is 36.0 Å². The van der Waals surface area contributed by atoms with Crippen molar-refractivity contribution in [1.29, 1.82) is 0 Å². The Morgan fingerprint density at radius 3 is 2.62 bits per heavy atom. The van der Waals surface area contributed by atoms with Gasteiger partial charge in [-0.3, -0.25) is 9.59 Å². The van der Waals surface area contributed by atoms with Crippen molar-refractivity contribution in [1.82, 2.24) is 9.80 Å². The van der Waals surface area contributed by atoms with E-state index in [1.165, 1.54) is 16.2 Å². The Labute approximate surface area is 143 Å². The molecular formula is C17H20F2N2O2S. The molecule has 2 amide bonds. The van der Waals surface area contributed by atoms with Gasteiger partial charge >= 0.3 is 0 Å². The lowest BCUT2D eigenvalue weighted by molar-refractivity contribution is -0.172. The van der Waals surface area contributed by atoms with Gasteiger partial charge in [0.25, 0.3) is 11.8 Å². The highest BCUT2D eigenvalue weighted by Gasteiger charge is 2.55. The molecule has 0 unspecified atom stereocenters. The predicted octanol–water partition coefficient (Wildman–Crippen LogP) is 2.86. The Bertz CT molecular complexity index is 656. The molecule has 2 atom stereocenters. The summed E-state index contributed by atoms with van der Waals surface area (Å²) in [5.74, 6) is -3.06. The second-order valence-corrected chi connectivity index (χ2v) is 8.13. The van der Waals surface area contributed by atoms with E-state index in [-0.39, 0.29) is 23.1 Å². The molecule has 3 aliphatic rings. The van der Waals surface area contributed by atoms with Crippen LogP contribution in [0.15, 0.2) is 16.8 Å². The molecule has 0 N–H and O–H groups in total. The second kappa shape index (κ2) is 5.51. The molecule has 7 heteroatoms. The Balaban J connectivity index is 1.47. The normalized spacial score (nSPS) is 31.5. The molecule has 130 valence electrons. The van der Waals surface area contributed by atoms with Crippen molar-refractivity contribution >= 4 is 23.2 Å². The van der Waals surface area contributed by atoms with E-state index in [2.05, 4.69) is 0 Å². The number of amides is 2. The van der Waals surface area contributed by atoms with Crippen molar-refractivity contribution < 1.29 is 18.4 Å². The lowest BCUT2D eigenvalue weighted by atomic mass is 9.76. The molecule has 24 heavy (non-hydrogen) atoms. The van der Waals surface area contributed by atoms with Gasteiger partial charge in [0, 0.05) is 29.8 Å². The van der Waals surface area contributed by atoms with Crippen LogP contribution in [0.4, 0.5) is 8.78 Å². The second-order valence-electron chi connectivity index (χ2n) is 7.35. The number of carbonyl (C=O) groups excluding carboxylic acids is 2. The Hall–Kier alpha value is -1.50. The molecule has 1 aromatic heterocycles. The molecule has 1 aromatic rings. The monoisotopic (exact) mass is 354 g/mol. The maximum absolute atomic E-state index is 13.1. The summed E-state index contributed by atoms with van der Waals surface area (Å²) < 4.78 is 26.2. The van der Waals surface area contributed by atoms with Crippen LogP contribution in [0.5, 0.6) is 0 Å². The number of carbonyl (C=O) groups is 2. The standard InChI is InChI=1S/C17H20F2N2O2S/c18-17(19)10-21(11-17)15(23)13-2-1-4-16(13)5-6-20(9-16)14(22)12-3-7-24-8-12/h3,7-8,13H,1-2,4-6,9-11H2/t13-,16+/m1/s1. The molecule has 3 fully saturated rings. The molecule has 2 aliphatic heterocycles. The molecule has 0 radical (unpaired) electrons. The molecule has 0 bridgehead atoms. The first-order valence-electron chi connectivity index (χ1n) is 8.38. The van der Waals surface area contributed by atoms with Gasteiger partial charge in [0.15, 0.2) is 0 Å². The average Bonchev–Trinajstić information content (AvgIpc) is 3.25. The number of alkyl halides is 2. The van der Waals surface area contributed by atoms with Gasteiger partial charge in [-0.1, -0.05) is 6.42 Å². The lowest BCUT2D eigenvalue weighted by Gasteiger charge is -2.42. The van der Waals surface area contributed by atoms with E-state index in [0.717, 1.165) is 25.7 Å². The van der Waals surface area contributed by atoms with Gasteiger partial charge in [0.05, 0.1) is 18.7 Å². The smallest absolute Gasteiger partial charge is 0.282 e. The zero-order valence-electron chi connectivity index (χ0n) is 13.3. The fourth-order valence-corrected chi connectivity index (χ4v) is 5.17. The third-order valence-corrected chi connectivity index (χ3v) is 6.48.